The largest absolute Gasteiger partial charge is 0.495 e. The van der Waals surface area contributed by atoms with Gasteiger partial charge in [0.2, 0.25) is 15.9 Å². The molecular formula is C18H21FN2O4S. The summed E-state index contributed by atoms with van der Waals surface area (Å²) in [5, 5.41) is 2.62. The Bertz CT molecular complexity index is 871. The summed E-state index contributed by atoms with van der Waals surface area (Å²) in [4.78, 5) is 12.2. The van der Waals surface area contributed by atoms with Crippen molar-refractivity contribution in [1.29, 1.82) is 0 Å². The quantitative estimate of drug-likeness (QED) is 0.760. The van der Waals surface area contributed by atoms with Gasteiger partial charge in [-0.15, -0.1) is 0 Å². The highest BCUT2D eigenvalue weighted by Crippen LogP contribution is 2.29. The lowest BCUT2D eigenvalue weighted by molar-refractivity contribution is -0.119. The summed E-state index contributed by atoms with van der Waals surface area (Å²) in [6, 6.07) is 12.8. The number of nitrogens with zero attached hydrogens (tertiary/aromatic N) is 1. The molecule has 1 amide bonds. The highest BCUT2D eigenvalue weighted by atomic mass is 32.2. The van der Waals surface area contributed by atoms with Crippen molar-refractivity contribution in [2.75, 3.05) is 30.8 Å². The molecule has 2 aromatic rings. The lowest BCUT2D eigenvalue weighted by atomic mass is 10.1. The van der Waals surface area contributed by atoms with Crippen molar-refractivity contribution in [2.24, 2.45) is 0 Å². The molecule has 26 heavy (non-hydrogen) atoms. The highest BCUT2D eigenvalue weighted by molar-refractivity contribution is 7.92. The van der Waals surface area contributed by atoms with Gasteiger partial charge in [-0.1, -0.05) is 30.3 Å². The van der Waals surface area contributed by atoms with Crippen molar-refractivity contribution < 1.29 is 22.3 Å². The van der Waals surface area contributed by atoms with Crippen LogP contribution in [0.1, 0.15) is 5.56 Å². The van der Waals surface area contributed by atoms with Gasteiger partial charge in [-0.3, -0.25) is 9.10 Å². The minimum atomic E-state index is -3.70. The van der Waals surface area contributed by atoms with Crippen LogP contribution >= 0.6 is 0 Å². The van der Waals surface area contributed by atoms with Gasteiger partial charge in [-0.05, 0) is 30.2 Å². The molecule has 1 N–H and O–H groups in total. The molecule has 0 atom stereocenters. The maximum atomic E-state index is 13.6. The van der Waals surface area contributed by atoms with Crippen LogP contribution in [0.2, 0.25) is 0 Å². The molecule has 0 saturated carbocycles. The minimum absolute atomic E-state index is 0.198. The molecule has 0 bridgehead atoms. The first-order chi connectivity index (χ1) is 12.3. The van der Waals surface area contributed by atoms with Crippen molar-refractivity contribution in [3.05, 3.63) is 59.9 Å². The van der Waals surface area contributed by atoms with Crippen LogP contribution in [0, 0.1) is 5.82 Å². The minimum Gasteiger partial charge on any atom is -0.495 e. The zero-order chi connectivity index (χ0) is 19.2. The van der Waals surface area contributed by atoms with E-state index in [1.54, 1.807) is 42.5 Å². The maximum absolute atomic E-state index is 13.6. The summed E-state index contributed by atoms with van der Waals surface area (Å²) in [5.41, 5.74) is 0.763. The highest BCUT2D eigenvalue weighted by Gasteiger charge is 2.23. The Balaban J connectivity index is 2.05. The Morgan fingerprint density at radius 3 is 2.46 bits per heavy atom. The zero-order valence-electron chi connectivity index (χ0n) is 14.6. The Morgan fingerprint density at radius 1 is 1.15 bits per heavy atom. The lowest BCUT2D eigenvalue weighted by Crippen LogP contribution is -2.41. The number of nitrogens with one attached hydrogen (secondary N) is 1. The number of halogens is 1. The molecule has 0 saturated heterocycles. The normalized spacial score (nSPS) is 11.0. The number of amides is 1. The van der Waals surface area contributed by atoms with Crippen LogP contribution < -0.4 is 14.4 Å². The van der Waals surface area contributed by atoms with Gasteiger partial charge in [-0.25, -0.2) is 12.8 Å². The predicted octanol–water partition coefficient (Wildman–Crippen LogP) is 1.96. The van der Waals surface area contributed by atoms with Crippen LogP contribution in [0.4, 0.5) is 10.1 Å². The number of ether oxygens (including phenoxy) is 1. The Kier molecular flexibility index (Phi) is 6.57. The van der Waals surface area contributed by atoms with Gasteiger partial charge < -0.3 is 10.1 Å². The van der Waals surface area contributed by atoms with Gasteiger partial charge in [-0.2, -0.15) is 0 Å². The first-order valence-corrected chi connectivity index (χ1v) is 9.78. The first kappa shape index (κ1) is 19.7. The van der Waals surface area contributed by atoms with E-state index in [0.29, 0.717) is 17.7 Å². The number of hydrogen-bond acceptors (Lipinski definition) is 4. The van der Waals surface area contributed by atoms with Crippen LogP contribution in [-0.2, 0) is 21.2 Å². The summed E-state index contributed by atoms with van der Waals surface area (Å²) in [6.07, 6.45) is 1.33. The molecule has 140 valence electrons. The lowest BCUT2D eigenvalue weighted by Gasteiger charge is -2.23. The standard InChI is InChI=1S/C18H21FN2O4S/c1-25-17-10-6-5-9-16(17)21(26(2,23)24)13-18(22)20-12-11-14-7-3-4-8-15(14)19/h3-10H,11-13H2,1-2H3,(H,20,22). The van der Waals surface area contributed by atoms with Gasteiger partial charge >= 0.3 is 0 Å². The van der Waals surface area contributed by atoms with Crippen LogP contribution in [0.3, 0.4) is 0 Å². The van der Waals surface area contributed by atoms with Crippen molar-refractivity contribution in [1.82, 2.24) is 5.32 Å². The fraction of sp³-hybridized carbons (Fsp3) is 0.278. The molecule has 2 aromatic carbocycles. The Labute approximate surface area is 152 Å². The molecule has 0 aliphatic carbocycles. The van der Waals surface area contributed by atoms with Crippen LogP contribution in [0.25, 0.3) is 0 Å². The van der Waals surface area contributed by atoms with Crippen LogP contribution in [0.15, 0.2) is 48.5 Å². The summed E-state index contributed by atoms with van der Waals surface area (Å²) < 4.78 is 44.0. The molecule has 6 nitrogen and oxygen atoms in total. The summed E-state index contributed by atoms with van der Waals surface area (Å²) in [7, 11) is -2.27. The monoisotopic (exact) mass is 380 g/mol. The number of anilines is 1. The Morgan fingerprint density at radius 2 is 1.81 bits per heavy atom. The van der Waals surface area contributed by atoms with E-state index in [9.17, 15) is 17.6 Å². The average molecular weight is 380 g/mol. The fourth-order valence-corrected chi connectivity index (χ4v) is 3.30. The van der Waals surface area contributed by atoms with E-state index in [4.69, 9.17) is 4.74 Å². The number of sulfonamides is 1. The number of rotatable bonds is 8. The topological polar surface area (TPSA) is 75.7 Å². The maximum Gasteiger partial charge on any atom is 0.240 e. The molecule has 0 spiro atoms. The summed E-state index contributed by atoms with van der Waals surface area (Å²) in [6.45, 7) is -0.195. The second-order valence-corrected chi connectivity index (χ2v) is 7.54. The molecule has 0 radical (unpaired) electrons. The number of para-hydroxylation sites is 2. The first-order valence-electron chi connectivity index (χ1n) is 7.93. The molecule has 0 fully saturated rings. The predicted molar refractivity (Wildman–Crippen MR) is 98.3 cm³/mol. The van der Waals surface area contributed by atoms with Gasteiger partial charge in [0, 0.05) is 6.54 Å². The number of benzene rings is 2. The van der Waals surface area contributed by atoms with E-state index in [1.807, 2.05) is 0 Å². The molecule has 0 aliphatic rings. The fourth-order valence-electron chi connectivity index (χ4n) is 2.44. The van der Waals surface area contributed by atoms with Crippen LogP contribution in [-0.4, -0.2) is 40.8 Å². The third-order valence-corrected chi connectivity index (χ3v) is 4.84. The van der Waals surface area contributed by atoms with Crippen molar-refractivity contribution in [3.8, 4) is 5.75 Å². The molecule has 0 heterocycles. The van der Waals surface area contributed by atoms with Crippen molar-refractivity contribution in [2.45, 2.75) is 6.42 Å². The molecule has 2 rings (SSSR count). The smallest absolute Gasteiger partial charge is 0.240 e. The van der Waals surface area contributed by atoms with E-state index in [1.165, 1.54) is 13.2 Å². The molecule has 0 aromatic heterocycles. The van der Waals surface area contributed by atoms with E-state index in [0.717, 1.165) is 10.6 Å². The third-order valence-electron chi connectivity index (χ3n) is 3.72. The van der Waals surface area contributed by atoms with Crippen molar-refractivity contribution >= 4 is 21.6 Å². The molecule has 8 heteroatoms. The van der Waals surface area contributed by atoms with E-state index in [-0.39, 0.29) is 18.0 Å². The SMILES string of the molecule is COc1ccccc1N(CC(=O)NCCc1ccccc1F)S(C)(=O)=O. The van der Waals surface area contributed by atoms with Crippen molar-refractivity contribution in [3.63, 3.8) is 0 Å². The summed E-state index contributed by atoms with van der Waals surface area (Å²) in [5.74, 6) is -0.483. The second-order valence-electron chi connectivity index (χ2n) is 5.63. The number of carbonyl (C=O) groups excluding carboxylic acids is 1. The van der Waals surface area contributed by atoms with Gasteiger partial charge in [0.1, 0.15) is 18.1 Å². The number of methoxy groups -OCH3 is 1. The summed E-state index contributed by atoms with van der Waals surface area (Å²) >= 11 is 0. The van der Waals surface area contributed by atoms with E-state index in [2.05, 4.69) is 5.32 Å². The van der Waals surface area contributed by atoms with Gasteiger partial charge in [0.05, 0.1) is 19.1 Å². The molecule has 0 aliphatic heterocycles. The second kappa shape index (κ2) is 8.66. The van der Waals surface area contributed by atoms with Crippen LogP contribution in [0.5, 0.6) is 5.75 Å². The average Bonchev–Trinajstić information content (AvgIpc) is 2.60. The molecule has 0 unspecified atom stereocenters. The van der Waals surface area contributed by atoms with E-state index < -0.39 is 22.5 Å². The Hall–Kier alpha value is -2.61. The molecular weight excluding hydrogens is 359 g/mol. The zero-order valence-corrected chi connectivity index (χ0v) is 15.4. The number of carbonyl (C=O) groups is 1. The van der Waals surface area contributed by atoms with Gasteiger partial charge in [0.15, 0.2) is 0 Å². The van der Waals surface area contributed by atoms with Gasteiger partial charge in [0.25, 0.3) is 0 Å². The third kappa shape index (κ3) is 5.19. The van der Waals surface area contributed by atoms with E-state index >= 15 is 0 Å². The number of hydrogen-bond donors (Lipinski definition) is 1.